The lowest BCUT2D eigenvalue weighted by molar-refractivity contribution is -0.216. The number of carbonyl (C=O) groups is 3. The number of aromatic carboxylic acids is 1. The monoisotopic (exact) mass is 722 g/mol. The van der Waals surface area contributed by atoms with Crippen LogP contribution in [0.1, 0.15) is 131 Å². The van der Waals surface area contributed by atoms with E-state index in [4.69, 9.17) is 0 Å². The number of hydrogen-bond acceptors (Lipinski definition) is 4. The molecule has 7 heteroatoms. The van der Waals surface area contributed by atoms with Crippen LogP contribution in [0, 0.1) is 57.2 Å². The van der Waals surface area contributed by atoms with Crippen molar-refractivity contribution in [1.82, 2.24) is 10.6 Å². The van der Waals surface area contributed by atoms with E-state index in [1.807, 2.05) is 24.3 Å². The van der Waals surface area contributed by atoms with Gasteiger partial charge in [-0.3, -0.25) is 9.59 Å². The number of benzene rings is 2. The van der Waals surface area contributed by atoms with Gasteiger partial charge in [-0.1, -0.05) is 64.1 Å². The minimum Gasteiger partial charge on any atom is -0.478 e. The van der Waals surface area contributed by atoms with Crippen LogP contribution in [0.5, 0.6) is 0 Å². The summed E-state index contributed by atoms with van der Waals surface area (Å²) in [6.07, 6.45) is 11.1. The summed E-state index contributed by atoms with van der Waals surface area (Å²) in [6.45, 7) is 17.3. The number of amides is 2. The fourth-order valence-electron chi connectivity index (χ4n) is 13.7. The van der Waals surface area contributed by atoms with Gasteiger partial charge in [0.2, 0.25) is 5.91 Å². The third kappa shape index (κ3) is 6.37. The van der Waals surface area contributed by atoms with Crippen LogP contribution in [0.2, 0.25) is 0 Å². The van der Waals surface area contributed by atoms with Gasteiger partial charge in [-0.05, 0) is 165 Å². The van der Waals surface area contributed by atoms with Gasteiger partial charge in [0, 0.05) is 18.7 Å². The number of rotatable bonds is 9. The van der Waals surface area contributed by atoms with E-state index < -0.39 is 5.97 Å². The van der Waals surface area contributed by atoms with Crippen LogP contribution in [0.25, 0.3) is 0 Å². The zero-order valence-corrected chi connectivity index (χ0v) is 32.7. The highest BCUT2D eigenvalue weighted by atomic mass is 16.4. The van der Waals surface area contributed by atoms with Crippen molar-refractivity contribution in [3.63, 3.8) is 0 Å². The van der Waals surface area contributed by atoms with E-state index in [0.29, 0.717) is 60.6 Å². The largest absolute Gasteiger partial charge is 0.478 e. The van der Waals surface area contributed by atoms with Crippen molar-refractivity contribution in [2.24, 2.45) is 57.2 Å². The summed E-state index contributed by atoms with van der Waals surface area (Å²) in [4.78, 5) is 39.0. The van der Waals surface area contributed by atoms with Crippen molar-refractivity contribution in [3.05, 3.63) is 82.9 Å². The van der Waals surface area contributed by atoms with E-state index in [1.165, 1.54) is 31.3 Å². The predicted molar refractivity (Wildman–Crippen MR) is 208 cm³/mol. The smallest absolute Gasteiger partial charge is 0.335 e. The lowest BCUT2D eigenvalue weighted by atomic mass is 9.36. The SMILES string of the molecule is C=C(C)C1CCC2(C(=O)NCc3cccc(C(=O)NCCc4cccc(C(=O)O)c4)c3)CCC3C(CCC4C3(C)CCC3C(C)(C)C(O)CCC34C)C12. The number of hydrogen-bond donors (Lipinski definition) is 4. The van der Waals surface area contributed by atoms with Crippen LogP contribution in [0.15, 0.2) is 60.7 Å². The molecule has 5 fully saturated rings. The Bertz CT molecular complexity index is 1770. The first-order valence-corrected chi connectivity index (χ1v) is 20.4. The molecular weight excluding hydrogens is 661 g/mol. The van der Waals surface area contributed by atoms with E-state index in [-0.39, 0.29) is 45.1 Å². The van der Waals surface area contributed by atoms with E-state index in [1.54, 1.807) is 24.3 Å². The first kappa shape index (κ1) is 37.8. The lowest BCUT2D eigenvalue weighted by Gasteiger charge is -2.69. The summed E-state index contributed by atoms with van der Waals surface area (Å²) < 4.78 is 0. The van der Waals surface area contributed by atoms with Gasteiger partial charge in [0.25, 0.3) is 5.91 Å². The highest BCUT2D eigenvalue weighted by Crippen LogP contribution is 2.73. The molecule has 2 aromatic carbocycles. The maximum absolute atomic E-state index is 14.6. The second-order valence-corrected chi connectivity index (χ2v) is 19.0. The molecule has 5 aliphatic rings. The van der Waals surface area contributed by atoms with Gasteiger partial charge in [-0.15, -0.1) is 0 Å². The second-order valence-electron chi connectivity index (χ2n) is 19.0. The highest BCUT2D eigenvalue weighted by molar-refractivity contribution is 5.94. The molecule has 2 aromatic rings. The number of allylic oxidation sites excluding steroid dienone is 1. The van der Waals surface area contributed by atoms with Crippen LogP contribution in [0.3, 0.4) is 0 Å². The molecule has 5 aliphatic carbocycles. The van der Waals surface area contributed by atoms with Gasteiger partial charge in [0.1, 0.15) is 0 Å². The van der Waals surface area contributed by atoms with Crippen LogP contribution >= 0.6 is 0 Å². The first-order chi connectivity index (χ1) is 25.1. The standard InChI is InChI=1S/C46H62N2O5/c1-28(2)33-15-22-46(42(53)48-27-30-10-8-11-31(26-30)40(50)47-24-19-29-9-7-12-32(25-29)41(51)52)23-16-35-34(39(33)46)13-14-37-44(35,5)20-17-36-43(3,4)38(49)18-21-45(36,37)6/h7-12,25-26,33-39,49H,1,13-24,27H2,2-6H3,(H,47,50)(H,48,53)(H,51,52). The van der Waals surface area contributed by atoms with Gasteiger partial charge in [0.05, 0.1) is 17.1 Å². The Morgan fingerprint density at radius 3 is 2.21 bits per heavy atom. The third-order valence-electron chi connectivity index (χ3n) is 16.2. The average Bonchev–Trinajstić information content (AvgIpc) is 3.54. The Labute approximate surface area is 316 Å². The molecule has 2 amide bonds. The minimum absolute atomic E-state index is 0.0529. The summed E-state index contributed by atoms with van der Waals surface area (Å²) in [7, 11) is 0. The summed E-state index contributed by atoms with van der Waals surface area (Å²) in [5.41, 5.74) is 3.81. The predicted octanol–water partition coefficient (Wildman–Crippen LogP) is 8.60. The Kier molecular flexibility index (Phi) is 10.00. The molecule has 0 bridgehead atoms. The molecule has 0 aromatic heterocycles. The van der Waals surface area contributed by atoms with Crippen molar-refractivity contribution in [2.75, 3.05) is 6.54 Å². The van der Waals surface area contributed by atoms with E-state index in [9.17, 15) is 24.6 Å². The molecule has 5 saturated carbocycles. The van der Waals surface area contributed by atoms with Gasteiger partial charge in [-0.25, -0.2) is 4.79 Å². The lowest BCUT2D eigenvalue weighted by Crippen LogP contribution is -2.64. The van der Waals surface area contributed by atoms with Gasteiger partial charge in [-0.2, -0.15) is 0 Å². The maximum Gasteiger partial charge on any atom is 0.335 e. The van der Waals surface area contributed by atoms with Crippen LogP contribution in [0.4, 0.5) is 0 Å². The van der Waals surface area contributed by atoms with Crippen molar-refractivity contribution in [3.8, 4) is 0 Å². The molecule has 0 saturated heterocycles. The van der Waals surface area contributed by atoms with Gasteiger partial charge >= 0.3 is 5.97 Å². The van der Waals surface area contributed by atoms with Crippen LogP contribution < -0.4 is 10.6 Å². The summed E-state index contributed by atoms with van der Waals surface area (Å²) in [5.74, 6) is 2.01. The summed E-state index contributed by atoms with van der Waals surface area (Å²) in [5, 5.41) is 26.7. The maximum atomic E-state index is 14.6. The van der Waals surface area contributed by atoms with Crippen molar-refractivity contribution in [2.45, 2.75) is 118 Å². The molecular formula is C46H62N2O5. The highest BCUT2D eigenvalue weighted by Gasteiger charge is 2.68. The molecule has 4 N–H and O–H groups in total. The molecule has 0 spiro atoms. The molecule has 7 rings (SSSR count). The fraction of sp³-hybridized carbons (Fsp3) is 0.630. The molecule has 0 heterocycles. The van der Waals surface area contributed by atoms with E-state index in [0.717, 1.165) is 49.7 Å². The van der Waals surface area contributed by atoms with Crippen molar-refractivity contribution in [1.29, 1.82) is 0 Å². The molecule has 53 heavy (non-hydrogen) atoms. The number of aliphatic hydroxyl groups is 1. The molecule has 7 nitrogen and oxygen atoms in total. The molecule has 10 unspecified atom stereocenters. The zero-order valence-electron chi connectivity index (χ0n) is 32.7. The molecule has 286 valence electrons. The Morgan fingerprint density at radius 2 is 1.47 bits per heavy atom. The van der Waals surface area contributed by atoms with Crippen LogP contribution in [-0.4, -0.2) is 40.6 Å². The number of aliphatic hydroxyl groups excluding tert-OH is 1. The summed E-state index contributed by atoms with van der Waals surface area (Å²) in [6, 6.07) is 14.3. The molecule has 0 radical (unpaired) electrons. The Balaban J connectivity index is 1.04. The fourth-order valence-corrected chi connectivity index (χ4v) is 13.7. The quantitative estimate of drug-likeness (QED) is 0.194. The normalized spacial score (nSPS) is 36.9. The van der Waals surface area contributed by atoms with E-state index in [2.05, 4.69) is 51.8 Å². The van der Waals surface area contributed by atoms with Crippen molar-refractivity contribution >= 4 is 17.8 Å². The third-order valence-corrected chi connectivity index (χ3v) is 16.2. The summed E-state index contributed by atoms with van der Waals surface area (Å²) >= 11 is 0. The zero-order chi connectivity index (χ0) is 37.9. The second kappa shape index (κ2) is 14.0. The van der Waals surface area contributed by atoms with Crippen molar-refractivity contribution < 1.29 is 24.6 Å². The Hall–Kier alpha value is -3.45. The molecule has 0 aliphatic heterocycles. The van der Waals surface area contributed by atoms with Gasteiger partial charge < -0.3 is 20.8 Å². The van der Waals surface area contributed by atoms with Gasteiger partial charge in [0.15, 0.2) is 0 Å². The number of carbonyl (C=O) groups excluding carboxylic acids is 2. The number of fused-ring (bicyclic) bond motifs is 7. The first-order valence-electron chi connectivity index (χ1n) is 20.4. The number of carboxylic acid groups (broad SMARTS) is 1. The average molecular weight is 723 g/mol. The van der Waals surface area contributed by atoms with Crippen LogP contribution in [-0.2, 0) is 17.8 Å². The Morgan fingerprint density at radius 1 is 0.792 bits per heavy atom. The van der Waals surface area contributed by atoms with E-state index >= 15 is 0 Å². The number of nitrogens with one attached hydrogen (secondary N) is 2. The number of carboxylic acids is 1. The molecule has 10 atom stereocenters. The minimum atomic E-state index is -0.967. The topological polar surface area (TPSA) is 116 Å².